The molecule has 164 valence electrons. The van der Waals surface area contributed by atoms with Gasteiger partial charge in [-0.2, -0.15) is 0 Å². The van der Waals surface area contributed by atoms with Crippen molar-refractivity contribution in [1.82, 2.24) is 14.5 Å². The number of nitrogen functional groups attached to an aromatic ring is 1. The minimum absolute atomic E-state index is 0.438. The zero-order chi connectivity index (χ0) is 22.2. The van der Waals surface area contributed by atoms with Crippen molar-refractivity contribution in [2.75, 3.05) is 5.73 Å². The number of anilines is 1. The van der Waals surface area contributed by atoms with E-state index in [2.05, 4.69) is 46.8 Å². The molecule has 0 saturated carbocycles. The van der Waals surface area contributed by atoms with Crippen LogP contribution in [0.5, 0.6) is 0 Å². The highest BCUT2D eigenvalue weighted by Gasteiger charge is 2.22. The highest BCUT2D eigenvalue weighted by molar-refractivity contribution is 7.12. The quantitative estimate of drug-likeness (QED) is 0.379. The van der Waals surface area contributed by atoms with E-state index in [9.17, 15) is 5.11 Å². The van der Waals surface area contributed by atoms with E-state index in [0.717, 1.165) is 53.4 Å². The highest BCUT2D eigenvalue weighted by atomic mass is 32.1. The van der Waals surface area contributed by atoms with Crippen LogP contribution in [0.15, 0.2) is 30.3 Å². The van der Waals surface area contributed by atoms with Gasteiger partial charge in [0.25, 0.3) is 0 Å². The highest BCUT2D eigenvalue weighted by Crippen LogP contribution is 2.32. The van der Waals surface area contributed by atoms with Crippen LogP contribution in [0.1, 0.15) is 54.8 Å². The normalized spacial score (nSPS) is 12.3. The van der Waals surface area contributed by atoms with Crippen molar-refractivity contribution in [3.63, 3.8) is 0 Å². The van der Waals surface area contributed by atoms with Crippen LogP contribution in [0.4, 0.5) is 5.82 Å². The number of imidazole rings is 1. The maximum atomic E-state index is 10.6. The van der Waals surface area contributed by atoms with Gasteiger partial charge in [-0.15, -0.1) is 11.3 Å². The Morgan fingerprint density at radius 1 is 1.13 bits per heavy atom. The fraction of sp³-hybridized carbons (Fsp3) is 0.417. The number of hydrogen-bond donors (Lipinski definition) is 3. The van der Waals surface area contributed by atoms with Crippen LogP contribution in [0, 0.1) is 0 Å². The minimum atomic E-state index is -0.862. The molecule has 4 rings (SSSR count). The first-order chi connectivity index (χ1) is 14.8. The summed E-state index contributed by atoms with van der Waals surface area (Å²) in [6, 6.07) is 10.6. The molecule has 0 fully saturated rings. The molecule has 5 N–H and O–H groups in total. The topological polar surface area (TPSA) is 103 Å². The van der Waals surface area contributed by atoms with Crippen LogP contribution < -0.4 is 11.5 Å². The van der Waals surface area contributed by atoms with E-state index < -0.39 is 5.60 Å². The van der Waals surface area contributed by atoms with Gasteiger partial charge in [0.05, 0.1) is 23.2 Å². The van der Waals surface area contributed by atoms with Crippen molar-refractivity contribution in [2.45, 2.75) is 65.1 Å². The average Bonchev–Trinajstić information content (AvgIpc) is 3.30. The van der Waals surface area contributed by atoms with E-state index in [4.69, 9.17) is 16.5 Å². The van der Waals surface area contributed by atoms with E-state index in [1.54, 1.807) is 11.3 Å². The number of nitrogens with two attached hydrogens (primary N) is 2. The van der Waals surface area contributed by atoms with Crippen molar-refractivity contribution >= 4 is 39.1 Å². The Morgan fingerprint density at radius 2 is 1.90 bits per heavy atom. The van der Waals surface area contributed by atoms with Gasteiger partial charge in [-0.3, -0.25) is 0 Å². The van der Waals surface area contributed by atoms with Crippen molar-refractivity contribution < 1.29 is 5.11 Å². The number of rotatable bonds is 8. The maximum absolute atomic E-state index is 10.6. The first-order valence-corrected chi connectivity index (χ1v) is 11.7. The van der Waals surface area contributed by atoms with Crippen molar-refractivity contribution in [1.29, 1.82) is 0 Å². The molecule has 6 nitrogen and oxygen atoms in total. The van der Waals surface area contributed by atoms with Crippen molar-refractivity contribution in [3.05, 3.63) is 51.5 Å². The summed E-state index contributed by atoms with van der Waals surface area (Å²) in [5.41, 5.74) is 15.0. The summed E-state index contributed by atoms with van der Waals surface area (Å²) >= 11 is 1.75. The van der Waals surface area contributed by atoms with E-state index in [1.807, 2.05) is 13.8 Å². The van der Waals surface area contributed by atoms with Gasteiger partial charge in [0.1, 0.15) is 11.3 Å². The first kappa shape index (κ1) is 21.7. The predicted octanol–water partition coefficient (Wildman–Crippen LogP) is 4.39. The molecule has 0 radical (unpaired) electrons. The lowest BCUT2D eigenvalue weighted by Crippen LogP contribution is -2.27. The van der Waals surface area contributed by atoms with Gasteiger partial charge in [0, 0.05) is 34.5 Å². The van der Waals surface area contributed by atoms with E-state index in [0.29, 0.717) is 18.9 Å². The lowest BCUT2D eigenvalue weighted by atomic mass is 10.1. The fourth-order valence-electron chi connectivity index (χ4n) is 4.02. The Hall–Kier alpha value is -2.48. The van der Waals surface area contributed by atoms with Crippen molar-refractivity contribution in [2.24, 2.45) is 5.73 Å². The monoisotopic (exact) mass is 437 g/mol. The number of unbranched alkanes of at least 4 members (excludes halogenated alkanes) is 1. The first-order valence-electron chi connectivity index (χ1n) is 10.9. The number of fused-ring (bicyclic) bond motifs is 3. The Kier molecular flexibility index (Phi) is 6.01. The summed E-state index contributed by atoms with van der Waals surface area (Å²) in [4.78, 5) is 12.0. The maximum Gasteiger partial charge on any atom is 0.152 e. The van der Waals surface area contributed by atoms with Gasteiger partial charge in [-0.1, -0.05) is 25.5 Å². The molecule has 0 aliphatic rings. The molecule has 0 atom stereocenters. The molecule has 4 aromatic rings. The molecule has 3 heterocycles. The zero-order valence-corrected chi connectivity index (χ0v) is 19.3. The van der Waals surface area contributed by atoms with Crippen molar-refractivity contribution in [3.8, 4) is 0 Å². The molecular formula is C24H31N5OS. The third kappa shape index (κ3) is 4.59. The summed E-state index contributed by atoms with van der Waals surface area (Å²) in [7, 11) is 0. The number of nitrogens with zero attached hydrogens (tertiary/aromatic N) is 3. The molecule has 0 spiro atoms. The summed E-state index contributed by atoms with van der Waals surface area (Å²) < 4.78 is 2.14. The summed E-state index contributed by atoms with van der Waals surface area (Å²) in [5.74, 6) is 1.39. The number of benzene rings is 1. The lowest BCUT2D eigenvalue weighted by Gasteiger charge is -2.20. The lowest BCUT2D eigenvalue weighted by molar-refractivity contribution is 0.0618. The molecular weight excluding hydrogens is 406 g/mol. The number of thiophene rings is 1. The standard InChI is InChI=1S/C24H31N5OS/c1-4-5-6-20-28-21-22(29(20)14-24(2,3)30)18-10-7-15(12-19(18)27-23(21)26)11-16-8-9-17(13-25)31-16/h7-10,12,30H,4-6,11,13-14,25H2,1-3H3,(H2,26,27). The van der Waals surface area contributed by atoms with Gasteiger partial charge in [-0.05, 0) is 44.0 Å². The van der Waals surface area contributed by atoms with Crippen LogP contribution >= 0.6 is 11.3 Å². The second-order valence-corrected chi connectivity index (χ2v) is 10.1. The Morgan fingerprint density at radius 3 is 2.58 bits per heavy atom. The molecule has 7 heteroatoms. The van der Waals surface area contributed by atoms with Gasteiger partial charge in [-0.25, -0.2) is 9.97 Å². The minimum Gasteiger partial charge on any atom is -0.389 e. The van der Waals surface area contributed by atoms with Crippen LogP contribution in [0.3, 0.4) is 0 Å². The molecule has 0 saturated heterocycles. The third-order valence-electron chi connectivity index (χ3n) is 5.44. The molecule has 31 heavy (non-hydrogen) atoms. The largest absolute Gasteiger partial charge is 0.389 e. The average molecular weight is 438 g/mol. The van der Waals surface area contributed by atoms with Gasteiger partial charge in [0.2, 0.25) is 0 Å². The Balaban J connectivity index is 1.83. The second-order valence-electron chi connectivity index (χ2n) is 8.82. The van der Waals surface area contributed by atoms with E-state index in [-0.39, 0.29) is 0 Å². The number of aromatic nitrogens is 3. The SMILES string of the molecule is CCCCc1nc2c(N)nc3cc(Cc4ccc(CN)s4)ccc3c2n1CC(C)(C)O. The number of pyridine rings is 1. The zero-order valence-electron chi connectivity index (χ0n) is 18.5. The van der Waals surface area contributed by atoms with Gasteiger partial charge >= 0.3 is 0 Å². The smallest absolute Gasteiger partial charge is 0.152 e. The fourth-order valence-corrected chi connectivity index (χ4v) is 4.96. The van der Waals surface area contributed by atoms with E-state index in [1.165, 1.54) is 15.3 Å². The molecule has 0 amide bonds. The number of aryl methyl sites for hydroxylation is 1. The third-order valence-corrected chi connectivity index (χ3v) is 6.55. The molecule has 3 aromatic heterocycles. The second kappa shape index (κ2) is 8.57. The summed E-state index contributed by atoms with van der Waals surface area (Å²) in [6.07, 6.45) is 3.81. The van der Waals surface area contributed by atoms with Gasteiger partial charge in [0.15, 0.2) is 5.82 Å². The molecule has 0 aliphatic carbocycles. The molecule has 0 bridgehead atoms. The van der Waals surface area contributed by atoms with E-state index >= 15 is 0 Å². The molecule has 1 aromatic carbocycles. The predicted molar refractivity (Wildman–Crippen MR) is 129 cm³/mol. The Labute approximate surface area is 186 Å². The number of aliphatic hydroxyl groups is 1. The van der Waals surface area contributed by atoms with Crippen LogP contribution in [0.2, 0.25) is 0 Å². The van der Waals surface area contributed by atoms with Crippen LogP contribution in [-0.4, -0.2) is 25.2 Å². The summed E-state index contributed by atoms with van der Waals surface area (Å²) in [5, 5.41) is 11.6. The van der Waals surface area contributed by atoms with Crippen LogP contribution in [0.25, 0.3) is 21.9 Å². The summed E-state index contributed by atoms with van der Waals surface area (Å²) in [6.45, 7) is 6.84. The molecule has 0 unspecified atom stereocenters. The number of hydrogen-bond acceptors (Lipinski definition) is 6. The van der Waals surface area contributed by atoms with Crippen LogP contribution in [-0.2, 0) is 25.9 Å². The van der Waals surface area contributed by atoms with Gasteiger partial charge < -0.3 is 21.1 Å². The Bertz CT molecular complexity index is 1220. The molecule has 0 aliphatic heterocycles.